The summed E-state index contributed by atoms with van der Waals surface area (Å²) in [4.78, 5) is 0. The topological polar surface area (TPSA) is 124 Å². The molecule has 2 aromatic carbocycles. The van der Waals surface area contributed by atoms with Crippen LogP contribution in [0, 0.1) is 0 Å². The minimum absolute atomic E-state index is 0.0136. The number of rotatable bonds is 7. The number of hydrogen-bond donors (Lipinski definition) is 5. The summed E-state index contributed by atoms with van der Waals surface area (Å²) in [6, 6.07) is 6.03. The number of ether oxygens (including phenoxy) is 1. The SMILES string of the molecule is CC(C)=CCc1c(O)c2c(c3oc(-c4cc(O)cc(O)c4)cc13)C=C[C@@](C)(CC[C@H](O)C(C)(C)O)O2. The highest BCUT2D eigenvalue weighted by atomic mass is 16.5. The predicted octanol–water partition coefficient (Wildman–Crippen LogP) is 5.80. The van der Waals surface area contributed by atoms with Gasteiger partial charge in [0.2, 0.25) is 0 Å². The van der Waals surface area contributed by atoms with Gasteiger partial charge in [-0.3, -0.25) is 0 Å². The normalized spacial score (nSPS) is 18.1. The van der Waals surface area contributed by atoms with Crippen LogP contribution in [-0.4, -0.2) is 42.8 Å². The quantitative estimate of drug-likeness (QED) is 0.263. The molecule has 0 radical (unpaired) electrons. The smallest absolute Gasteiger partial charge is 0.173 e. The van der Waals surface area contributed by atoms with Crippen LogP contribution in [0.2, 0.25) is 0 Å². The Labute approximate surface area is 210 Å². The molecular formula is C29H34O7. The van der Waals surface area contributed by atoms with Crippen LogP contribution in [0.5, 0.6) is 23.0 Å². The van der Waals surface area contributed by atoms with E-state index in [1.54, 1.807) is 19.9 Å². The summed E-state index contributed by atoms with van der Waals surface area (Å²) in [6.07, 6.45) is 5.95. The van der Waals surface area contributed by atoms with E-state index < -0.39 is 17.3 Å². The van der Waals surface area contributed by atoms with E-state index in [1.165, 1.54) is 18.2 Å². The average Bonchev–Trinajstić information content (AvgIpc) is 3.21. The molecule has 4 rings (SSSR count). The van der Waals surface area contributed by atoms with E-state index in [0.717, 1.165) is 5.57 Å². The maximum absolute atomic E-state index is 11.4. The van der Waals surface area contributed by atoms with E-state index in [0.29, 0.717) is 58.4 Å². The molecule has 3 aromatic rings. The Morgan fingerprint density at radius 2 is 1.75 bits per heavy atom. The Balaban J connectivity index is 1.82. The lowest BCUT2D eigenvalue weighted by Crippen LogP contribution is -2.39. The van der Waals surface area contributed by atoms with Gasteiger partial charge in [-0.05, 0) is 84.2 Å². The van der Waals surface area contributed by atoms with Crippen LogP contribution in [0.15, 0.2) is 46.4 Å². The number of fused-ring (bicyclic) bond motifs is 3. The first-order valence-electron chi connectivity index (χ1n) is 12.0. The first-order chi connectivity index (χ1) is 16.8. The van der Waals surface area contributed by atoms with Crippen molar-refractivity contribution in [2.45, 2.75) is 71.2 Å². The van der Waals surface area contributed by atoms with Gasteiger partial charge in [0.05, 0.1) is 17.3 Å². The Bertz CT molecular complexity index is 1330. The summed E-state index contributed by atoms with van der Waals surface area (Å²) >= 11 is 0. The van der Waals surface area contributed by atoms with Crippen LogP contribution in [0.1, 0.15) is 58.6 Å². The lowest BCUT2D eigenvalue weighted by atomic mass is 9.88. The number of benzene rings is 2. The van der Waals surface area contributed by atoms with Crippen molar-refractivity contribution in [3.05, 3.63) is 53.1 Å². The Morgan fingerprint density at radius 1 is 1.08 bits per heavy atom. The summed E-state index contributed by atoms with van der Waals surface area (Å²) in [5.41, 5.74) is 1.28. The largest absolute Gasteiger partial charge is 0.508 e. The molecule has 36 heavy (non-hydrogen) atoms. The van der Waals surface area contributed by atoms with Crippen molar-refractivity contribution in [1.29, 1.82) is 0 Å². The molecule has 7 heteroatoms. The number of hydrogen-bond acceptors (Lipinski definition) is 7. The number of phenolic OH excluding ortho intramolecular Hbond substituents is 3. The molecule has 1 aliphatic heterocycles. The van der Waals surface area contributed by atoms with Crippen molar-refractivity contribution in [3.8, 4) is 34.3 Å². The van der Waals surface area contributed by atoms with Crippen LogP contribution >= 0.6 is 0 Å². The van der Waals surface area contributed by atoms with E-state index in [9.17, 15) is 25.5 Å². The van der Waals surface area contributed by atoms with Gasteiger partial charge in [-0.2, -0.15) is 0 Å². The molecule has 7 nitrogen and oxygen atoms in total. The molecule has 0 fully saturated rings. The van der Waals surface area contributed by atoms with Gasteiger partial charge in [0, 0.05) is 22.6 Å². The van der Waals surface area contributed by atoms with Gasteiger partial charge in [-0.15, -0.1) is 0 Å². The van der Waals surface area contributed by atoms with Gasteiger partial charge in [-0.1, -0.05) is 11.6 Å². The fraction of sp³-hybridized carbons (Fsp3) is 0.379. The molecule has 0 aliphatic carbocycles. The first-order valence-corrected chi connectivity index (χ1v) is 12.0. The maximum Gasteiger partial charge on any atom is 0.173 e. The molecule has 0 saturated heterocycles. The number of aromatic hydroxyl groups is 3. The second kappa shape index (κ2) is 9.22. The molecule has 2 heterocycles. The van der Waals surface area contributed by atoms with Gasteiger partial charge in [0.1, 0.15) is 28.4 Å². The van der Waals surface area contributed by atoms with Crippen molar-refractivity contribution in [2.24, 2.45) is 0 Å². The van der Waals surface area contributed by atoms with Crippen molar-refractivity contribution < 1.29 is 34.7 Å². The number of aliphatic hydroxyl groups is 2. The molecular weight excluding hydrogens is 460 g/mol. The Kier molecular flexibility index (Phi) is 6.58. The van der Waals surface area contributed by atoms with E-state index in [4.69, 9.17) is 9.15 Å². The average molecular weight is 495 g/mol. The third-order valence-corrected chi connectivity index (χ3v) is 6.62. The molecule has 0 bridgehead atoms. The Morgan fingerprint density at radius 3 is 2.36 bits per heavy atom. The molecule has 0 saturated carbocycles. The van der Waals surface area contributed by atoms with E-state index in [2.05, 4.69) is 0 Å². The van der Waals surface area contributed by atoms with Crippen molar-refractivity contribution in [1.82, 2.24) is 0 Å². The molecule has 1 aromatic heterocycles. The van der Waals surface area contributed by atoms with Gasteiger partial charge in [0.25, 0.3) is 0 Å². The molecule has 0 unspecified atom stereocenters. The van der Waals surface area contributed by atoms with Crippen molar-refractivity contribution >= 4 is 17.0 Å². The summed E-state index contributed by atoms with van der Waals surface area (Å²) in [5.74, 6) is 0.555. The molecule has 2 atom stereocenters. The van der Waals surface area contributed by atoms with Crippen molar-refractivity contribution in [2.75, 3.05) is 0 Å². The van der Waals surface area contributed by atoms with E-state index in [-0.39, 0.29) is 17.2 Å². The lowest BCUT2D eigenvalue weighted by Gasteiger charge is -2.34. The first kappa shape index (κ1) is 25.7. The molecule has 192 valence electrons. The molecule has 0 amide bonds. The third-order valence-electron chi connectivity index (χ3n) is 6.62. The minimum Gasteiger partial charge on any atom is -0.508 e. The zero-order valence-corrected chi connectivity index (χ0v) is 21.3. The van der Waals surface area contributed by atoms with Gasteiger partial charge in [0.15, 0.2) is 11.5 Å². The second-order valence-corrected chi connectivity index (χ2v) is 10.6. The molecule has 1 aliphatic rings. The van der Waals surface area contributed by atoms with Crippen LogP contribution in [0.3, 0.4) is 0 Å². The number of phenols is 3. The minimum atomic E-state index is -1.23. The van der Waals surface area contributed by atoms with Crippen molar-refractivity contribution in [3.63, 3.8) is 0 Å². The number of furan rings is 1. The summed E-state index contributed by atoms with van der Waals surface area (Å²) in [7, 11) is 0. The fourth-order valence-corrected chi connectivity index (χ4v) is 4.40. The van der Waals surface area contributed by atoms with E-state index >= 15 is 0 Å². The Hall–Kier alpha value is -3.42. The van der Waals surface area contributed by atoms with E-state index in [1.807, 2.05) is 39.0 Å². The van der Waals surface area contributed by atoms with Gasteiger partial charge >= 0.3 is 0 Å². The van der Waals surface area contributed by atoms with Gasteiger partial charge in [-0.25, -0.2) is 0 Å². The lowest BCUT2D eigenvalue weighted by molar-refractivity contribution is -0.0579. The second-order valence-electron chi connectivity index (χ2n) is 10.6. The molecule has 5 N–H and O–H groups in total. The summed E-state index contributed by atoms with van der Waals surface area (Å²) in [5, 5.41) is 52.4. The number of allylic oxidation sites excluding steroid dienone is 2. The highest BCUT2D eigenvalue weighted by molar-refractivity contribution is 5.97. The highest BCUT2D eigenvalue weighted by Gasteiger charge is 2.35. The standard InChI is InChI=1S/C29H34O7/c1-16(2)6-7-20-22-15-23(17-12-18(30)14-19(31)13-17)35-26(22)21-8-10-29(5,36-27(21)25(20)33)11-9-24(32)28(3,4)34/h6,8,10,12-15,24,30-34H,7,9,11H2,1-5H3/t24-,29-/m0/s1. The zero-order chi connectivity index (χ0) is 26.4. The predicted molar refractivity (Wildman–Crippen MR) is 139 cm³/mol. The highest BCUT2D eigenvalue weighted by Crippen LogP contribution is 2.49. The molecule has 0 spiro atoms. The third kappa shape index (κ3) is 5.08. The monoisotopic (exact) mass is 494 g/mol. The zero-order valence-electron chi connectivity index (χ0n) is 21.3. The summed E-state index contributed by atoms with van der Waals surface area (Å²) in [6.45, 7) is 8.95. The van der Waals surface area contributed by atoms with Crippen LogP contribution < -0.4 is 4.74 Å². The van der Waals surface area contributed by atoms with Crippen LogP contribution in [0.25, 0.3) is 28.4 Å². The summed E-state index contributed by atoms with van der Waals surface area (Å²) < 4.78 is 12.5. The maximum atomic E-state index is 11.4. The van der Waals surface area contributed by atoms with Crippen LogP contribution in [-0.2, 0) is 6.42 Å². The number of aliphatic hydroxyl groups excluding tert-OH is 1. The fourth-order valence-electron chi connectivity index (χ4n) is 4.40. The van der Waals surface area contributed by atoms with Gasteiger partial charge < -0.3 is 34.7 Å². The van der Waals surface area contributed by atoms with Crippen LogP contribution in [0.4, 0.5) is 0 Å².